The van der Waals surface area contributed by atoms with Crippen molar-refractivity contribution < 1.29 is 4.79 Å². The Hall–Kier alpha value is -1.65. The molecule has 1 aromatic heterocycles. The number of nitrogens with zero attached hydrogens (tertiary/aromatic N) is 2. The van der Waals surface area contributed by atoms with Crippen LogP contribution in [0.25, 0.3) is 10.9 Å². The van der Waals surface area contributed by atoms with Crippen molar-refractivity contribution in [3.8, 4) is 0 Å². The third-order valence-corrected chi connectivity index (χ3v) is 5.08. The van der Waals surface area contributed by atoms with Crippen LogP contribution < -0.4 is 5.32 Å². The Bertz CT molecular complexity index is 719. The summed E-state index contributed by atoms with van der Waals surface area (Å²) in [6.45, 7) is 2.68. The Morgan fingerprint density at radius 3 is 3.05 bits per heavy atom. The normalized spacial score (nSPS) is 24.5. The fourth-order valence-electron chi connectivity index (χ4n) is 3.60. The molecule has 0 unspecified atom stereocenters. The van der Waals surface area contributed by atoms with Crippen molar-refractivity contribution in [2.24, 2.45) is 5.92 Å². The van der Waals surface area contributed by atoms with Crippen molar-refractivity contribution in [3.05, 3.63) is 41.0 Å². The largest absolute Gasteiger partial charge is 0.335 e. The lowest BCUT2D eigenvalue weighted by Gasteiger charge is -2.24. The predicted molar refractivity (Wildman–Crippen MR) is 87.2 cm³/mol. The van der Waals surface area contributed by atoms with Gasteiger partial charge in [0.1, 0.15) is 5.69 Å². The average molecular weight is 316 g/mol. The molecule has 0 saturated carbocycles. The molecule has 0 radical (unpaired) electrons. The molecule has 114 valence electrons. The zero-order valence-electron chi connectivity index (χ0n) is 12.3. The highest BCUT2D eigenvalue weighted by molar-refractivity contribution is 6.35. The molecule has 2 atom stereocenters. The van der Waals surface area contributed by atoms with Gasteiger partial charge in [0.15, 0.2) is 0 Å². The summed E-state index contributed by atoms with van der Waals surface area (Å²) in [6.07, 6.45) is 2.41. The standard InChI is InChI=1S/C17H18ClN3O/c18-13-5-1-3-11-6-7-14(20-16(11)13)17(22)21-9-12-4-2-8-19-15(12)10-21/h1,3,5-7,12,15,19H,2,4,8-10H2/t12-,15+/m1/s1. The zero-order valence-corrected chi connectivity index (χ0v) is 13.0. The highest BCUT2D eigenvalue weighted by atomic mass is 35.5. The zero-order chi connectivity index (χ0) is 15.1. The first-order valence-corrected chi connectivity index (χ1v) is 8.18. The number of aromatic nitrogens is 1. The van der Waals surface area contributed by atoms with Crippen molar-refractivity contribution in [2.45, 2.75) is 18.9 Å². The summed E-state index contributed by atoms with van der Waals surface area (Å²) in [4.78, 5) is 19.2. The molecule has 2 fully saturated rings. The molecule has 0 bridgehead atoms. The lowest BCUT2D eigenvalue weighted by Crippen LogP contribution is -2.41. The van der Waals surface area contributed by atoms with E-state index in [0.717, 1.165) is 25.0 Å². The minimum atomic E-state index is 0.0121. The van der Waals surface area contributed by atoms with E-state index in [2.05, 4.69) is 10.3 Å². The highest BCUT2D eigenvalue weighted by Gasteiger charge is 2.36. The van der Waals surface area contributed by atoms with E-state index in [1.165, 1.54) is 12.8 Å². The second-order valence-corrected chi connectivity index (χ2v) is 6.59. The molecular weight excluding hydrogens is 298 g/mol. The number of benzene rings is 1. The maximum Gasteiger partial charge on any atom is 0.272 e. The molecule has 4 nitrogen and oxygen atoms in total. The Morgan fingerprint density at radius 1 is 1.27 bits per heavy atom. The molecule has 1 amide bonds. The van der Waals surface area contributed by atoms with E-state index in [9.17, 15) is 4.79 Å². The number of hydrogen-bond acceptors (Lipinski definition) is 3. The number of para-hydroxylation sites is 1. The summed E-state index contributed by atoms with van der Waals surface area (Å²) in [6, 6.07) is 9.82. The summed E-state index contributed by atoms with van der Waals surface area (Å²) in [5, 5.41) is 5.07. The number of hydrogen-bond donors (Lipinski definition) is 1. The number of nitrogens with one attached hydrogen (secondary N) is 1. The smallest absolute Gasteiger partial charge is 0.272 e. The first-order valence-electron chi connectivity index (χ1n) is 7.80. The topological polar surface area (TPSA) is 45.2 Å². The van der Waals surface area contributed by atoms with Crippen molar-refractivity contribution >= 4 is 28.4 Å². The van der Waals surface area contributed by atoms with E-state index in [4.69, 9.17) is 11.6 Å². The van der Waals surface area contributed by atoms with Gasteiger partial charge in [0, 0.05) is 24.5 Å². The molecule has 0 spiro atoms. The molecule has 22 heavy (non-hydrogen) atoms. The highest BCUT2D eigenvalue weighted by Crippen LogP contribution is 2.27. The first kappa shape index (κ1) is 14.0. The van der Waals surface area contributed by atoms with Crippen molar-refractivity contribution in [1.82, 2.24) is 15.2 Å². The number of rotatable bonds is 1. The minimum absolute atomic E-state index is 0.0121. The van der Waals surface area contributed by atoms with Gasteiger partial charge in [0.25, 0.3) is 5.91 Å². The Morgan fingerprint density at radius 2 is 2.18 bits per heavy atom. The van der Waals surface area contributed by atoms with Crippen LogP contribution in [-0.2, 0) is 0 Å². The van der Waals surface area contributed by atoms with Gasteiger partial charge in [-0.3, -0.25) is 4.79 Å². The summed E-state index contributed by atoms with van der Waals surface area (Å²) in [5.74, 6) is 0.597. The number of amides is 1. The van der Waals surface area contributed by atoms with Gasteiger partial charge in [0.05, 0.1) is 10.5 Å². The van der Waals surface area contributed by atoms with E-state index in [1.54, 1.807) is 12.1 Å². The molecule has 2 aromatic rings. The summed E-state index contributed by atoms with van der Waals surface area (Å²) < 4.78 is 0. The number of halogens is 1. The number of fused-ring (bicyclic) bond motifs is 2. The number of piperidine rings is 1. The number of pyridine rings is 1. The van der Waals surface area contributed by atoms with E-state index < -0.39 is 0 Å². The number of carbonyl (C=O) groups is 1. The van der Waals surface area contributed by atoms with Gasteiger partial charge in [-0.1, -0.05) is 29.8 Å². The van der Waals surface area contributed by atoms with E-state index >= 15 is 0 Å². The molecule has 5 heteroatoms. The van der Waals surface area contributed by atoms with Gasteiger partial charge < -0.3 is 10.2 Å². The molecule has 0 aliphatic carbocycles. The van der Waals surface area contributed by atoms with Crippen LogP contribution in [0.3, 0.4) is 0 Å². The second-order valence-electron chi connectivity index (χ2n) is 6.18. The van der Waals surface area contributed by atoms with Gasteiger partial charge in [-0.25, -0.2) is 4.98 Å². The molecule has 3 heterocycles. The van der Waals surface area contributed by atoms with Gasteiger partial charge in [0.2, 0.25) is 0 Å². The fraction of sp³-hybridized carbons (Fsp3) is 0.412. The van der Waals surface area contributed by atoms with Crippen LogP contribution in [0.5, 0.6) is 0 Å². The number of carbonyl (C=O) groups excluding carboxylic acids is 1. The quantitative estimate of drug-likeness (QED) is 0.880. The Kier molecular flexibility index (Phi) is 3.51. The van der Waals surface area contributed by atoms with E-state index in [1.807, 2.05) is 23.1 Å². The molecule has 2 aliphatic rings. The van der Waals surface area contributed by atoms with Crippen LogP contribution >= 0.6 is 11.6 Å². The average Bonchev–Trinajstić information content (AvgIpc) is 2.98. The lowest BCUT2D eigenvalue weighted by atomic mass is 9.94. The van der Waals surface area contributed by atoms with Crippen LogP contribution in [0.1, 0.15) is 23.3 Å². The van der Waals surface area contributed by atoms with Crippen LogP contribution in [0.4, 0.5) is 0 Å². The van der Waals surface area contributed by atoms with Crippen molar-refractivity contribution in [1.29, 1.82) is 0 Å². The maximum atomic E-state index is 12.7. The van der Waals surface area contributed by atoms with E-state index in [0.29, 0.717) is 28.2 Å². The maximum absolute atomic E-state index is 12.7. The predicted octanol–water partition coefficient (Wildman–Crippen LogP) is 2.71. The fourth-order valence-corrected chi connectivity index (χ4v) is 3.83. The van der Waals surface area contributed by atoms with Gasteiger partial charge in [-0.15, -0.1) is 0 Å². The number of likely N-dealkylation sites (tertiary alicyclic amines) is 1. The minimum Gasteiger partial charge on any atom is -0.335 e. The van der Waals surface area contributed by atoms with Gasteiger partial charge in [-0.2, -0.15) is 0 Å². The van der Waals surface area contributed by atoms with Crippen LogP contribution in [0, 0.1) is 5.92 Å². The van der Waals surface area contributed by atoms with Crippen LogP contribution in [-0.4, -0.2) is 41.5 Å². The molecule has 2 saturated heterocycles. The van der Waals surface area contributed by atoms with Crippen molar-refractivity contribution in [3.63, 3.8) is 0 Å². The molecule has 1 N–H and O–H groups in total. The van der Waals surface area contributed by atoms with Crippen LogP contribution in [0.2, 0.25) is 5.02 Å². The Balaban J connectivity index is 1.61. The summed E-state index contributed by atoms with van der Waals surface area (Å²) >= 11 is 6.20. The van der Waals surface area contributed by atoms with Crippen molar-refractivity contribution in [2.75, 3.05) is 19.6 Å². The van der Waals surface area contributed by atoms with E-state index in [-0.39, 0.29) is 5.91 Å². The molecule has 2 aliphatic heterocycles. The molecule has 1 aromatic carbocycles. The second kappa shape index (κ2) is 5.52. The third-order valence-electron chi connectivity index (χ3n) is 4.78. The Labute approximate surface area is 134 Å². The summed E-state index contributed by atoms with van der Waals surface area (Å²) in [5.41, 5.74) is 1.18. The monoisotopic (exact) mass is 315 g/mol. The third kappa shape index (κ3) is 2.36. The van der Waals surface area contributed by atoms with Crippen LogP contribution in [0.15, 0.2) is 30.3 Å². The summed E-state index contributed by atoms with van der Waals surface area (Å²) in [7, 11) is 0. The molecular formula is C17H18ClN3O. The van der Waals surface area contributed by atoms with Gasteiger partial charge >= 0.3 is 0 Å². The SMILES string of the molecule is O=C(c1ccc2cccc(Cl)c2n1)N1C[C@H]2CCCN[C@H]2C1. The van der Waals surface area contributed by atoms with Gasteiger partial charge in [-0.05, 0) is 37.4 Å². The first-order chi connectivity index (χ1) is 10.7. The lowest BCUT2D eigenvalue weighted by molar-refractivity contribution is 0.0780. The molecule has 4 rings (SSSR count).